The highest BCUT2D eigenvalue weighted by Gasteiger charge is 2.31. The van der Waals surface area contributed by atoms with Crippen molar-refractivity contribution in [2.24, 2.45) is 5.73 Å². The molecular formula is C20H18F3N3O5S. The van der Waals surface area contributed by atoms with Gasteiger partial charge in [0.05, 0.1) is 23.5 Å². The first kappa shape index (κ1) is 24.7. The van der Waals surface area contributed by atoms with E-state index in [9.17, 15) is 31.2 Å². The number of halogens is 3. The van der Waals surface area contributed by atoms with Crippen LogP contribution in [0, 0.1) is 17.1 Å². The van der Waals surface area contributed by atoms with Gasteiger partial charge in [0.2, 0.25) is 11.8 Å². The summed E-state index contributed by atoms with van der Waals surface area (Å²) in [7, 11) is -4.21. The van der Waals surface area contributed by atoms with Gasteiger partial charge in [0.25, 0.3) is 0 Å². The van der Waals surface area contributed by atoms with Crippen molar-refractivity contribution < 1.29 is 35.9 Å². The van der Waals surface area contributed by atoms with E-state index in [0.29, 0.717) is 0 Å². The van der Waals surface area contributed by atoms with Crippen LogP contribution in [0.1, 0.15) is 27.4 Å². The first-order chi connectivity index (χ1) is 15.0. The molecule has 0 unspecified atom stereocenters. The molecule has 0 aliphatic heterocycles. The number of nitrogens with one attached hydrogen (secondary N) is 1. The summed E-state index contributed by atoms with van der Waals surface area (Å²) < 4.78 is 69.2. The van der Waals surface area contributed by atoms with Crippen LogP contribution in [0.15, 0.2) is 42.5 Å². The molecule has 0 aliphatic rings. The third-order valence-corrected chi connectivity index (χ3v) is 5.89. The van der Waals surface area contributed by atoms with E-state index < -0.39 is 58.0 Å². The Bertz CT molecular complexity index is 1150. The molecule has 8 nitrogen and oxygen atoms in total. The number of hydrogen-bond donors (Lipinski definition) is 2. The van der Waals surface area contributed by atoms with Crippen molar-refractivity contribution in [2.75, 3.05) is 12.3 Å². The topological polar surface area (TPSA) is 139 Å². The van der Waals surface area contributed by atoms with Crippen molar-refractivity contribution in [2.45, 2.75) is 18.3 Å². The maximum absolute atomic E-state index is 13.9. The Labute approximate surface area is 181 Å². The summed E-state index contributed by atoms with van der Waals surface area (Å²) in [5, 5.41) is 10.9. The summed E-state index contributed by atoms with van der Waals surface area (Å²) in [5.41, 5.74) is 4.63. The first-order valence-corrected chi connectivity index (χ1v) is 10.8. The summed E-state index contributed by atoms with van der Waals surface area (Å²) in [5.74, 6) is -6.49. The van der Waals surface area contributed by atoms with Gasteiger partial charge >= 0.3 is 6.61 Å². The fourth-order valence-electron chi connectivity index (χ4n) is 2.99. The van der Waals surface area contributed by atoms with Crippen molar-refractivity contribution in [3.8, 4) is 11.8 Å². The monoisotopic (exact) mass is 469 g/mol. The second-order valence-electron chi connectivity index (χ2n) is 6.57. The van der Waals surface area contributed by atoms with Gasteiger partial charge in [-0.2, -0.15) is 14.0 Å². The van der Waals surface area contributed by atoms with E-state index in [1.165, 1.54) is 18.2 Å². The van der Waals surface area contributed by atoms with Crippen LogP contribution in [0.5, 0.6) is 5.75 Å². The Hall–Kier alpha value is -3.59. The Morgan fingerprint density at radius 2 is 1.88 bits per heavy atom. The first-order valence-electron chi connectivity index (χ1n) is 9.01. The van der Waals surface area contributed by atoms with Crippen LogP contribution in [0.3, 0.4) is 0 Å². The molecule has 0 bridgehead atoms. The Morgan fingerprint density at radius 1 is 1.19 bits per heavy atom. The van der Waals surface area contributed by atoms with E-state index in [-0.39, 0.29) is 22.4 Å². The summed E-state index contributed by atoms with van der Waals surface area (Å²) in [6, 6.07) is 9.59. The second kappa shape index (κ2) is 10.6. The second-order valence-corrected chi connectivity index (χ2v) is 8.67. The van der Waals surface area contributed by atoms with Crippen molar-refractivity contribution in [1.82, 2.24) is 5.32 Å². The summed E-state index contributed by atoms with van der Waals surface area (Å²) in [4.78, 5) is 24.4. The Morgan fingerprint density at radius 3 is 2.50 bits per heavy atom. The fourth-order valence-corrected chi connectivity index (χ4v) is 4.66. The third kappa shape index (κ3) is 6.71. The van der Waals surface area contributed by atoms with Gasteiger partial charge in [0, 0.05) is 11.1 Å². The van der Waals surface area contributed by atoms with E-state index in [0.717, 1.165) is 24.3 Å². The molecule has 2 amide bonds. The predicted molar refractivity (Wildman–Crippen MR) is 107 cm³/mol. The lowest BCUT2D eigenvalue weighted by molar-refractivity contribution is -0.121. The molecular weight excluding hydrogens is 451 g/mol. The van der Waals surface area contributed by atoms with Crippen LogP contribution in [-0.2, 0) is 20.4 Å². The highest BCUT2D eigenvalue weighted by molar-refractivity contribution is 7.90. The van der Waals surface area contributed by atoms with Crippen molar-refractivity contribution in [1.29, 1.82) is 5.26 Å². The van der Waals surface area contributed by atoms with Gasteiger partial charge in [-0.05, 0) is 29.8 Å². The van der Waals surface area contributed by atoms with Crippen molar-refractivity contribution >= 4 is 21.7 Å². The number of para-hydroxylation sites is 1. The minimum atomic E-state index is -4.21. The van der Waals surface area contributed by atoms with E-state index in [1.807, 2.05) is 0 Å². The number of hydrogen-bond acceptors (Lipinski definition) is 6. The van der Waals surface area contributed by atoms with Crippen LogP contribution < -0.4 is 15.8 Å². The number of primary amides is 1. The molecule has 0 spiro atoms. The fraction of sp³-hybridized carbons (Fsp3) is 0.250. The number of rotatable bonds is 10. The highest BCUT2D eigenvalue weighted by atomic mass is 32.2. The van der Waals surface area contributed by atoms with Gasteiger partial charge in [0.15, 0.2) is 9.84 Å². The van der Waals surface area contributed by atoms with Gasteiger partial charge in [0.1, 0.15) is 18.1 Å². The Kier molecular flexibility index (Phi) is 8.20. The minimum Gasteiger partial charge on any atom is -0.435 e. The lowest BCUT2D eigenvalue weighted by atomic mass is 9.94. The number of ether oxygens (including phenoxy) is 1. The van der Waals surface area contributed by atoms with Crippen LogP contribution in [0.25, 0.3) is 0 Å². The molecule has 2 aromatic carbocycles. The normalized spacial score (nSPS) is 12.1. The lowest BCUT2D eigenvalue weighted by Gasteiger charge is -2.19. The number of nitriles is 1. The number of alkyl halides is 2. The maximum atomic E-state index is 13.9. The van der Waals surface area contributed by atoms with E-state index in [2.05, 4.69) is 10.1 Å². The third-order valence-electron chi connectivity index (χ3n) is 4.30. The molecule has 1 atom stereocenters. The van der Waals surface area contributed by atoms with Crippen LogP contribution >= 0.6 is 0 Å². The summed E-state index contributed by atoms with van der Waals surface area (Å²) in [6.07, 6.45) is 0. The predicted octanol–water partition coefficient (Wildman–Crippen LogP) is 1.86. The largest absolute Gasteiger partial charge is 0.435 e. The molecule has 0 aromatic heterocycles. The number of benzene rings is 2. The molecule has 2 aromatic rings. The Balaban J connectivity index is 2.45. The van der Waals surface area contributed by atoms with Crippen LogP contribution in [0.2, 0.25) is 0 Å². The van der Waals surface area contributed by atoms with Crippen molar-refractivity contribution in [3.63, 3.8) is 0 Å². The lowest BCUT2D eigenvalue weighted by Crippen LogP contribution is -2.35. The SMILES string of the molecule is N#CCNC(=O)[C@H](CS(=O)(=O)Cc1ccccc1OC(F)F)c1cc(F)ccc1C(N)=O. The van der Waals surface area contributed by atoms with Gasteiger partial charge in [-0.1, -0.05) is 18.2 Å². The molecule has 0 heterocycles. The molecule has 3 N–H and O–H groups in total. The molecule has 0 radical (unpaired) electrons. The zero-order valence-corrected chi connectivity index (χ0v) is 17.2. The van der Waals surface area contributed by atoms with Crippen LogP contribution in [-0.4, -0.2) is 39.1 Å². The van der Waals surface area contributed by atoms with Gasteiger partial charge in [-0.3, -0.25) is 9.59 Å². The smallest absolute Gasteiger partial charge is 0.387 e. The highest BCUT2D eigenvalue weighted by Crippen LogP contribution is 2.27. The number of carbonyl (C=O) groups is 2. The number of nitrogens with two attached hydrogens (primary N) is 1. The standard InChI is InChI=1S/C20H18F3N3O5S/c21-13-5-6-14(18(25)27)15(9-13)16(19(28)26-8-7-24)11-32(29,30)10-12-3-1-2-4-17(12)31-20(22)23/h1-6,9,16,20H,8,10-11H2,(H2,25,27)(H,26,28)/t16-/m1/s1. The minimum absolute atomic E-state index is 0.0849. The average Bonchev–Trinajstić information content (AvgIpc) is 2.71. The average molecular weight is 469 g/mol. The molecule has 12 heteroatoms. The quantitative estimate of drug-likeness (QED) is 0.509. The van der Waals surface area contributed by atoms with E-state index in [1.54, 1.807) is 6.07 Å². The molecule has 0 fully saturated rings. The van der Waals surface area contributed by atoms with Gasteiger partial charge in [-0.25, -0.2) is 12.8 Å². The molecule has 0 saturated heterocycles. The van der Waals surface area contributed by atoms with E-state index in [4.69, 9.17) is 11.0 Å². The molecule has 170 valence electrons. The van der Waals surface area contributed by atoms with E-state index >= 15 is 0 Å². The number of amides is 2. The summed E-state index contributed by atoms with van der Waals surface area (Å²) in [6.45, 7) is -3.66. The number of sulfone groups is 1. The molecule has 2 rings (SSSR count). The van der Waals surface area contributed by atoms with Gasteiger partial charge in [-0.15, -0.1) is 0 Å². The van der Waals surface area contributed by atoms with Crippen molar-refractivity contribution in [3.05, 3.63) is 65.0 Å². The molecule has 0 saturated carbocycles. The number of nitrogens with zero attached hydrogens (tertiary/aromatic N) is 1. The molecule has 0 aliphatic carbocycles. The zero-order chi connectivity index (χ0) is 23.9. The van der Waals surface area contributed by atoms with Crippen LogP contribution in [0.4, 0.5) is 13.2 Å². The zero-order valence-electron chi connectivity index (χ0n) is 16.4. The van der Waals surface area contributed by atoms with Gasteiger partial charge < -0.3 is 15.8 Å². The number of carbonyl (C=O) groups excluding carboxylic acids is 2. The molecule has 32 heavy (non-hydrogen) atoms. The summed E-state index contributed by atoms with van der Waals surface area (Å²) >= 11 is 0. The maximum Gasteiger partial charge on any atom is 0.387 e.